The highest BCUT2D eigenvalue weighted by atomic mass is 16.5. The predicted molar refractivity (Wildman–Crippen MR) is 69.2 cm³/mol. The number of nitrogen functional groups attached to an aromatic ring is 1. The average molecular weight is 249 g/mol. The third-order valence-corrected chi connectivity index (χ3v) is 3.13. The molecule has 2 rings (SSSR count). The van der Waals surface area contributed by atoms with Gasteiger partial charge >= 0.3 is 0 Å². The second-order valence-electron chi connectivity index (χ2n) is 4.45. The minimum atomic E-state index is -0.1000. The van der Waals surface area contributed by atoms with Crippen LogP contribution in [-0.4, -0.2) is 41.6 Å². The third-order valence-electron chi connectivity index (χ3n) is 3.13. The van der Waals surface area contributed by atoms with Crippen molar-refractivity contribution in [2.75, 3.05) is 25.4 Å². The lowest BCUT2D eigenvalue weighted by atomic mass is 10.2. The number of rotatable bonds is 2. The third kappa shape index (κ3) is 2.79. The molecule has 1 aliphatic rings. The zero-order valence-corrected chi connectivity index (χ0v) is 10.6. The summed E-state index contributed by atoms with van der Waals surface area (Å²) in [6.07, 6.45) is 3.47. The largest absolute Gasteiger partial charge is 0.397 e. The molecule has 2 heterocycles. The number of ether oxygens (including phenoxy) is 1. The van der Waals surface area contributed by atoms with E-state index in [0.717, 1.165) is 12.8 Å². The van der Waals surface area contributed by atoms with Crippen LogP contribution in [0.4, 0.5) is 5.69 Å². The van der Waals surface area contributed by atoms with Crippen molar-refractivity contribution < 1.29 is 9.53 Å². The molecular weight excluding hydrogens is 230 g/mol. The molecule has 2 N–H and O–H groups in total. The number of aromatic nitrogens is 1. The Balaban J connectivity index is 2.15. The van der Waals surface area contributed by atoms with E-state index in [2.05, 4.69) is 11.9 Å². The zero-order chi connectivity index (χ0) is 13.0. The van der Waals surface area contributed by atoms with Gasteiger partial charge in [0.1, 0.15) is 0 Å². The van der Waals surface area contributed by atoms with Crippen molar-refractivity contribution in [2.45, 2.75) is 25.9 Å². The maximum absolute atomic E-state index is 12.4. The van der Waals surface area contributed by atoms with Gasteiger partial charge in [-0.15, -0.1) is 0 Å². The van der Waals surface area contributed by atoms with E-state index in [0.29, 0.717) is 31.1 Å². The van der Waals surface area contributed by atoms with Crippen LogP contribution in [0.5, 0.6) is 0 Å². The van der Waals surface area contributed by atoms with Crippen LogP contribution < -0.4 is 5.73 Å². The van der Waals surface area contributed by atoms with Gasteiger partial charge in [-0.1, -0.05) is 6.92 Å². The maximum atomic E-state index is 12.4. The number of carbonyl (C=O) groups is 1. The number of anilines is 1. The molecular formula is C13H19N3O2. The number of pyridine rings is 1. The molecule has 98 valence electrons. The van der Waals surface area contributed by atoms with Crippen LogP contribution in [0.3, 0.4) is 0 Å². The Labute approximate surface area is 107 Å². The SMILES string of the molecule is CCC1CN(C(=O)c2ncccc2N)CCCO1. The smallest absolute Gasteiger partial charge is 0.274 e. The molecule has 1 fully saturated rings. The summed E-state index contributed by atoms with van der Waals surface area (Å²) >= 11 is 0. The fourth-order valence-corrected chi connectivity index (χ4v) is 2.07. The van der Waals surface area contributed by atoms with Crippen LogP contribution >= 0.6 is 0 Å². The minimum Gasteiger partial charge on any atom is -0.397 e. The molecule has 1 aromatic rings. The molecule has 5 nitrogen and oxygen atoms in total. The van der Waals surface area contributed by atoms with Crippen molar-refractivity contribution >= 4 is 11.6 Å². The highest BCUT2D eigenvalue weighted by Crippen LogP contribution is 2.15. The number of carbonyl (C=O) groups excluding carboxylic acids is 1. The van der Waals surface area contributed by atoms with Gasteiger partial charge in [0.05, 0.1) is 11.8 Å². The Bertz CT molecular complexity index is 422. The van der Waals surface area contributed by atoms with E-state index in [1.54, 1.807) is 23.2 Å². The van der Waals surface area contributed by atoms with Gasteiger partial charge in [-0.3, -0.25) is 4.79 Å². The van der Waals surface area contributed by atoms with Crippen molar-refractivity contribution in [3.8, 4) is 0 Å². The molecule has 1 aromatic heterocycles. The summed E-state index contributed by atoms with van der Waals surface area (Å²) in [5.41, 5.74) is 6.57. The topological polar surface area (TPSA) is 68.5 Å². The lowest BCUT2D eigenvalue weighted by Crippen LogP contribution is -2.37. The Morgan fingerprint density at radius 1 is 1.67 bits per heavy atom. The van der Waals surface area contributed by atoms with E-state index in [1.165, 1.54) is 0 Å². The monoisotopic (exact) mass is 249 g/mol. The van der Waals surface area contributed by atoms with Gasteiger partial charge < -0.3 is 15.4 Å². The van der Waals surface area contributed by atoms with Crippen molar-refractivity contribution in [1.29, 1.82) is 0 Å². The Morgan fingerprint density at radius 2 is 2.50 bits per heavy atom. The van der Waals surface area contributed by atoms with E-state index >= 15 is 0 Å². The second-order valence-corrected chi connectivity index (χ2v) is 4.45. The highest BCUT2D eigenvalue weighted by Gasteiger charge is 2.24. The van der Waals surface area contributed by atoms with Gasteiger partial charge in [0.2, 0.25) is 0 Å². The summed E-state index contributed by atoms with van der Waals surface area (Å²) in [6, 6.07) is 3.43. The van der Waals surface area contributed by atoms with E-state index in [1.807, 2.05) is 0 Å². The van der Waals surface area contributed by atoms with Crippen molar-refractivity contribution in [1.82, 2.24) is 9.88 Å². The molecule has 1 amide bonds. The Kier molecular flexibility index (Phi) is 4.15. The number of hydrogen-bond donors (Lipinski definition) is 1. The van der Waals surface area contributed by atoms with Crippen LogP contribution in [0, 0.1) is 0 Å². The highest BCUT2D eigenvalue weighted by molar-refractivity contribution is 5.97. The van der Waals surface area contributed by atoms with Gasteiger partial charge in [0.25, 0.3) is 5.91 Å². The molecule has 18 heavy (non-hydrogen) atoms. The van der Waals surface area contributed by atoms with Gasteiger partial charge in [0.15, 0.2) is 5.69 Å². The Morgan fingerprint density at radius 3 is 3.22 bits per heavy atom. The van der Waals surface area contributed by atoms with E-state index in [9.17, 15) is 4.79 Å². The summed E-state index contributed by atoms with van der Waals surface area (Å²) in [5.74, 6) is -0.1000. The normalized spacial score (nSPS) is 20.5. The quantitative estimate of drug-likeness (QED) is 0.858. The maximum Gasteiger partial charge on any atom is 0.274 e. The van der Waals surface area contributed by atoms with Crippen molar-refractivity contribution in [3.05, 3.63) is 24.0 Å². The van der Waals surface area contributed by atoms with Crippen LogP contribution in [-0.2, 0) is 4.74 Å². The molecule has 0 radical (unpaired) electrons. The summed E-state index contributed by atoms with van der Waals surface area (Å²) < 4.78 is 5.65. The van der Waals surface area contributed by atoms with Crippen LogP contribution in [0.2, 0.25) is 0 Å². The van der Waals surface area contributed by atoms with Crippen molar-refractivity contribution in [2.24, 2.45) is 0 Å². The van der Waals surface area contributed by atoms with Gasteiger partial charge in [-0.25, -0.2) is 4.98 Å². The first kappa shape index (κ1) is 12.8. The van der Waals surface area contributed by atoms with E-state index in [-0.39, 0.29) is 12.0 Å². The van der Waals surface area contributed by atoms with Crippen LogP contribution in [0.25, 0.3) is 0 Å². The lowest BCUT2D eigenvalue weighted by molar-refractivity contribution is 0.0458. The molecule has 1 aliphatic heterocycles. The fourth-order valence-electron chi connectivity index (χ4n) is 2.07. The molecule has 1 saturated heterocycles. The van der Waals surface area contributed by atoms with Crippen molar-refractivity contribution in [3.63, 3.8) is 0 Å². The molecule has 0 bridgehead atoms. The molecule has 0 aliphatic carbocycles. The summed E-state index contributed by atoms with van der Waals surface area (Å²) in [7, 11) is 0. The predicted octanol–water partition coefficient (Wildman–Crippen LogP) is 1.30. The first-order valence-corrected chi connectivity index (χ1v) is 6.33. The molecule has 0 aromatic carbocycles. The molecule has 1 unspecified atom stereocenters. The van der Waals surface area contributed by atoms with Gasteiger partial charge in [0, 0.05) is 25.9 Å². The second kappa shape index (κ2) is 5.82. The summed E-state index contributed by atoms with van der Waals surface area (Å²) in [4.78, 5) is 18.2. The number of amides is 1. The Hall–Kier alpha value is -1.62. The fraction of sp³-hybridized carbons (Fsp3) is 0.538. The molecule has 5 heteroatoms. The number of nitrogens with zero attached hydrogens (tertiary/aromatic N) is 2. The zero-order valence-electron chi connectivity index (χ0n) is 10.6. The first-order valence-electron chi connectivity index (χ1n) is 6.33. The minimum absolute atomic E-state index is 0.1000. The average Bonchev–Trinajstić information content (AvgIpc) is 2.64. The lowest BCUT2D eigenvalue weighted by Gasteiger charge is -2.23. The first-order chi connectivity index (χ1) is 8.72. The standard InChI is InChI=1S/C13H19N3O2/c1-2-10-9-16(7-4-8-18-10)13(17)12-11(14)5-3-6-15-12/h3,5-6,10H,2,4,7-9,14H2,1H3. The summed E-state index contributed by atoms with van der Waals surface area (Å²) in [5, 5.41) is 0. The van der Waals surface area contributed by atoms with E-state index in [4.69, 9.17) is 10.5 Å². The molecule has 1 atom stereocenters. The van der Waals surface area contributed by atoms with Gasteiger partial charge in [-0.05, 0) is 25.0 Å². The van der Waals surface area contributed by atoms with Gasteiger partial charge in [-0.2, -0.15) is 0 Å². The number of hydrogen-bond acceptors (Lipinski definition) is 4. The molecule has 0 spiro atoms. The van der Waals surface area contributed by atoms with Crippen LogP contribution in [0.15, 0.2) is 18.3 Å². The summed E-state index contributed by atoms with van der Waals surface area (Å²) in [6.45, 7) is 4.09. The van der Waals surface area contributed by atoms with Crippen LogP contribution in [0.1, 0.15) is 30.3 Å². The molecule has 0 saturated carbocycles. The number of nitrogens with two attached hydrogens (primary N) is 1. The van der Waals surface area contributed by atoms with E-state index < -0.39 is 0 Å².